The molecule has 0 radical (unpaired) electrons. The summed E-state index contributed by atoms with van der Waals surface area (Å²) in [5, 5.41) is 4.29. The number of para-hydroxylation sites is 1. The van der Waals surface area contributed by atoms with Crippen molar-refractivity contribution in [3.8, 4) is 11.6 Å². The normalized spacial score (nSPS) is 17.5. The lowest BCUT2D eigenvalue weighted by Crippen LogP contribution is -2.36. The van der Waals surface area contributed by atoms with Crippen LogP contribution in [-0.2, 0) is 19.5 Å². The Morgan fingerprint density at radius 1 is 1.13 bits per heavy atom. The van der Waals surface area contributed by atoms with Crippen LogP contribution in [0.5, 0.6) is 11.6 Å². The predicted octanol–water partition coefficient (Wildman–Crippen LogP) is 5.26. The second-order valence-electron chi connectivity index (χ2n) is 8.55. The minimum atomic E-state index is -0.380. The number of benzene rings is 1. The summed E-state index contributed by atoms with van der Waals surface area (Å²) in [6, 6.07) is 8.67. The SMILES string of the molecule is CC1CCN(c2nc3c(c(Oc4ccccc4F)n2)CN(Cc2ccsc2)CC3)CC1. The molecule has 0 atom stereocenters. The van der Waals surface area contributed by atoms with Crippen LogP contribution in [0.3, 0.4) is 0 Å². The first-order valence-electron chi connectivity index (χ1n) is 11.0. The van der Waals surface area contributed by atoms with Crippen LogP contribution in [0, 0.1) is 11.7 Å². The molecule has 1 fully saturated rings. The maximum absolute atomic E-state index is 14.3. The molecule has 5 nitrogen and oxygen atoms in total. The van der Waals surface area contributed by atoms with Gasteiger partial charge < -0.3 is 9.64 Å². The van der Waals surface area contributed by atoms with E-state index >= 15 is 0 Å². The largest absolute Gasteiger partial charge is 0.435 e. The third-order valence-electron chi connectivity index (χ3n) is 6.19. The Labute approximate surface area is 186 Å². The van der Waals surface area contributed by atoms with E-state index in [0.29, 0.717) is 18.4 Å². The summed E-state index contributed by atoms with van der Waals surface area (Å²) in [7, 11) is 0. The minimum absolute atomic E-state index is 0.205. The molecule has 3 aromatic rings. The van der Waals surface area contributed by atoms with Gasteiger partial charge in [-0.25, -0.2) is 9.37 Å². The number of ether oxygens (including phenoxy) is 1. The van der Waals surface area contributed by atoms with Gasteiger partial charge in [0.05, 0.1) is 11.3 Å². The number of piperidine rings is 1. The Hall–Kier alpha value is -2.51. The number of hydrogen-bond acceptors (Lipinski definition) is 6. The van der Waals surface area contributed by atoms with Crippen LogP contribution in [0.4, 0.5) is 10.3 Å². The molecular weight excluding hydrogens is 411 g/mol. The summed E-state index contributed by atoms with van der Waals surface area (Å²) in [6.45, 7) is 6.71. The summed E-state index contributed by atoms with van der Waals surface area (Å²) in [4.78, 5) is 14.4. The van der Waals surface area contributed by atoms with Crippen LogP contribution in [-0.4, -0.2) is 34.5 Å². The van der Waals surface area contributed by atoms with Crippen LogP contribution >= 0.6 is 11.3 Å². The Balaban J connectivity index is 1.47. The average molecular weight is 439 g/mol. The fraction of sp³-hybridized carbons (Fsp3) is 0.417. The highest BCUT2D eigenvalue weighted by atomic mass is 32.1. The fourth-order valence-corrected chi connectivity index (χ4v) is 4.93. The van der Waals surface area contributed by atoms with Gasteiger partial charge in [-0.2, -0.15) is 16.3 Å². The van der Waals surface area contributed by atoms with E-state index in [1.54, 1.807) is 29.5 Å². The Morgan fingerprint density at radius 2 is 1.97 bits per heavy atom. The molecule has 31 heavy (non-hydrogen) atoms. The zero-order valence-corrected chi connectivity index (χ0v) is 18.6. The lowest BCUT2D eigenvalue weighted by atomic mass is 9.99. The number of nitrogens with zero attached hydrogens (tertiary/aromatic N) is 4. The van der Waals surface area contributed by atoms with E-state index in [1.807, 2.05) is 0 Å². The molecule has 4 heterocycles. The van der Waals surface area contributed by atoms with E-state index in [4.69, 9.17) is 14.7 Å². The summed E-state index contributed by atoms with van der Waals surface area (Å²) < 4.78 is 20.4. The van der Waals surface area contributed by atoms with Gasteiger partial charge in [-0.15, -0.1) is 0 Å². The van der Waals surface area contributed by atoms with E-state index in [0.717, 1.165) is 62.6 Å². The molecule has 0 saturated carbocycles. The van der Waals surface area contributed by atoms with Gasteiger partial charge in [0.15, 0.2) is 11.6 Å². The van der Waals surface area contributed by atoms with Gasteiger partial charge in [0.25, 0.3) is 0 Å². The molecule has 0 unspecified atom stereocenters. The Morgan fingerprint density at radius 3 is 2.74 bits per heavy atom. The Bertz CT molecular complexity index is 1030. The average Bonchev–Trinajstić information content (AvgIpc) is 3.29. The number of rotatable bonds is 5. The van der Waals surface area contributed by atoms with Crippen molar-refractivity contribution in [1.29, 1.82) is 0 Å². The first kappa shape index (κ1) is 20.4. The summed E-state index contributed by atoms with van der Waals surface area (Å²) in [6.07, 6.45) is 3.11. The molecule has 5 rings (SSSR count). The third-order valence-corrected chi connectivity index (χ3v) is 6.92. The number of halogens is 1. The molecule has 1 saturated heterocycles. The van der Waals surface area contributed by atoms with Gasteiger partial charge in [-0.05, 0) is 53.3 Å². The molecule has 1 aromatic carbocycles. The van der Waals surface area contributed by atoms with Crippen molar-refractivity contribution in [2.75, 3.05) is 24.5 Å². The summed E-state index contributed by atoms with van der Waals surface area (Å²) in [5.41, 5.74) is 3.31. The van der Waals surface area contributed by atoms with Crippen LogP contribution in [0.1, 0.15) is 36.6 Å². The van der Waals surface area contributed by atoms with Gasteiger partial charge in [0.2, 0.25) is 11.8 Å². The first-order valence-corrected chi connectivity index (χ1v) is 11.9. The topological polar surface area (TPSA) is 41.5 Å². The number of hydrogen-bond donors (Lipinski definition) is 0. The van der Waals surface area contributed by atoms with Crippen molar-refractivity contribution in [3.05, 3.63) is 63.7 Å². The molecular formula is C24H27FN4OS. The predicted molar refractivity (Wildman–Crippen MR) is 121 cm³/mol. The number of anilines is 1. The van der Waals surface area contributed by atoms with E-state index in [-0.39, 0.29) is 11.6 Å². The van der Waals surface area contributed by atoms with Gasteiger partial charge in [-0.1, -0.05) is 19.1 Å². The maximum Gasteiger partial charge on any atom is 0.229 e. The van der Waals surface area contributed by atoms with Crippen LogP contribution in [0.25, 0.3) is 0 Å². The summed E-state index contributed by atoms with van der Waals surface area (Å²) in [5.74, 6) is 1.75. The molecule has 2 aromatic heterocycles. The van der Waals surface area contributed by atoms with Crippen LogP contribution in [0.15, 0.2) is 41.1 Å². The van der Waals surface area contributed by atoms with Crippen LogP contribution < -0.4 is 9.64 Å². The lowest BCUT2D eigenvalue weighted by molar-refractivity contribution is 0.238. The van der Waals surface area contributed by atoms with E-state index < -0.39 is 0 Å². The Kier molecular flexibility index (Phi) is 5.87. The number of aromatic nitrogens is 2. The second kappa shape index (κ2) is 8.93. The zero-order valence-electron chi connectivity index (χ0n) is 17.8. The van der Waals surface area contributed by atoms with Crippen molar-refractivity contribution in [2.45, 2.75) is 39.3 Å². The van der Waals surface area contributed by atoms with Gasteiger partial charge in [0, 0.05) is 39.1 Å². The second-order valence-corrected chi connectivity index (χ2v) is 9.33. The van der Waals surface area contributed by atoms with Crippen LogP contribution in [0.2, 0.25) is 0 Å². The zero-order chi connectivity index (χ0) is 21.2. The maximum atomic E-state index is 14.3. The molecule has 7 heteroatoms. The van der Waals surface area contributed by atoms with Crippen molar-refractivity contribution in [1.82, 2.24) is 14.9 Å². The molecule has 0 spiro atoms. The molecule has 0 N–H and O–H groups in total. The molecule has 2 aliphatic heterocycles. The smallest absolute Gasteiger partial charge is 0.229 e. The molecule has 0 aliphatic carbocycles. The van der Waals surface area contributed by atoms with Gasteiger partial charge in [0.1, 0.15) is 0 Å². The molecule has 162 valence electrons. The lowest BCUT2D eigenvalue weighted by Gasteiger charge is -2.33. The fourth-order valence-electron chi connectivity index (χ4n) is 4.27. The molecule has 0 bridgehead atoms. The molecule has 2 aliphatic rings. The standard InChI is InChI=1S/C24H27FN4OS/c1-17-6-11-29(12-7-17)24-26-21-8-10-28(14-18-9-13-31-16-18)15-19(21)23(27-24)30-22-5-3-2-4-20(22)25/h2-5,9,13,16-17H,6-8,10-12,14-15H2,1H3. The van der Waals surface area contributed by atoms with E-state index in [1.165, 1.54) is 11.6 Å². The van der Waals surface area contributed by atoms with E-state index in [2.05, 4.69) is 33.6 Å². The van der Waals surface area contributed by atoms with Crippen molar-refractivity contribution in [3.63, 3.8) is 0 Å². The molecule has 0 amide bonds. The highest BCUT2D eigenvalue weighted by molar-refractivity contribution is 7.07. The van der Waals surface area contributed by atoms with Gasteiger partial charge >= 0.3 is 0 Å². The first-order chi connectivity index (χ1) is 15.2. The number of fused-ring (bicyclic) bond motifs is 1. The van der Waals surface area contributed by atoms with Crippen molar-refractivity contribution >= 4 is 17.3 Å². The minimum Gasteiger partial charge on any atom is -0.435 e. The summed E-state index contributed by atoms with van der Waals surface area (Å²) >= 11 is 1.71. The highest BCUT2D eigenvalue weighted by Gasteiger charge is 2.27. The third kappa shape index (κ3) is 4.57. The number of thiophene rings is 1. The van der Waals surface area contributed by atoms with Crippen molar-refractivity contribution in [2.24, 2.45) is 5.92 Å². The van der Waals surface area contributed by atoms with E-state index in [9.17, 15) is 4.39 Å². The monoisotopic (exact) mass is 438 g/mol. The quantitative estimate of drug-likeness (QED) is 0.543. The van der Waals surface area contributed by atoms with Gasteiger partial charge in [-0.3, -0.25) is 4.90 Å². The highest BCUT2D eigenvalue weighted by Crippen LogP contribution is 2.33. The van der Waals surface area contributed by atoms with Crippen molar-refractivity contribution < 1.29 is 9.13 Å².